The highest BCUT2D eigenvalue weighted by Gasteiger charge is 2.21. The lowest BCUT2D eigenvalue weighted by atomic mass is 10.1. The van der Waals surface area contributed by atoms with E-state index in [2.05, 4.69) is 15.6 Å². The number of aliphatic imine (C=N–C) groups is 1. The molecule has 0 aliphatic heterocycles. The molecular formula is C14H20N4O. The van der Waals surface area contributed by atoms with E-state index in [4.69, 9.17) is 5.73 Å². The van der Waals surface area contributed by atoms with Crippen molar-refractivity contribution in [2.75, 3.05) is 6.54 Å². The van der Waals surface area contributed by atoms with E-state index >= 15 is 0 Å². The summed E-state index contributed by atoms with van der Waals surface area (Å²) in [7, 11) is 0. The largest absolute Gasteiger partial charge is 0.366 e. The van der Waals surface area contributed by atoms with Crippen LogP contribution in [0.15, 0.2) is 29.3 Å². The molecule has 1 aromatic rings. The molecule has 1 aliphatic rings. The van der Waals surface area contributed by atoms with E-state index in [0.717, 1.165) is 18.1 Å². The van der Waals surface area contributed by atoms with Crippen LogP contribution in [0.25, 0.3) is 0 Å². The SMILES string of the molecule is CCNC(=NCc1ccc(C(N)=O)cc1)NC1CC1. The zero-order valence-electron chi connectivity index (χ0n) is 11.1. The Morgan fingerprint density at radius 3 is 2.58 bits per heavy atom. The zero-order valence-corrected chi connectivity index (χ0v) is 11.1. The summed E-state index contributed by atoms with van der Waals surface area (Å²) in [6.07, 6.45) is 2.44. The molecule has 0 atom stereocenters. The number of hydrogen-bond acceptors (Lipinski definition) is 2. The third-order valence-electron chi connectivity index (χ3n) is 2.92. The van der Waals surface area contributed by atoms with Crippen molar-refractivity contribution in [1.82, 2.24) is 10.6 Å². The van der Waals surface area contributed by atoms with Crippen LogP contribution in [-0.4, -0.2) is 24.5 Å². The van der Waals surface area contributed by atoms with Crippen LogP contribution in [0.5, 0.6) is 0 Å². The van der Waals surface area contributed by atoms with Gasteiger partial charge in [0.2, 0.25) is 5.91 Å². The topological polar surface area (TPSA) is 79.5 Å². The van der Waals surface area contributed by atoms with Crippen molar-refractivity contribution in [3.63, 3.8) is 0 Å². The molecule has 1 aliphatic carbocycles. The summed E-state index contributed by atoms with van der Waals surface area (Å²) in [5.41, 5.74) is 6.78. The van der Waals surface area contributed by atoms with Gasteiger partial charge in [0.05, 0.1) is 6.54 Å². The number of benzene rings is 1. The molecule has 0 bridgehead atoms. The fraction of sp³-hybridized carbons (Fsp3) is 0.429. The first-order valence-corrected chi connectivity index (χ1v) is 6.62. The number of amides is 1. The molecular weight excluding hydrogens is 240 g/mol. The molecule has 0 spiro atoms. The number of carbonyl (C=O) groups excluding carboxylic acids is 1. The summed E-state index contributed by atoms with van der Waals surface area (Å²) in [4.78, 5) is 15.5. The van der Waals surface area contributed by atoms with Gasteiger partial charge in [0.1, 0.15) is 0 Å². The number of nitrogens with zero attached hydrogens (tertiary/aromatic N) is 1. The number of guanidine groups is 1. The van der Waals surface area contributed by atoms with Gasteiger partial charge in [-0.2, -0.15) is 0 Å². The summed E-state index contributed by atoms with van der Waals surface area (Å²) in [6.45, 7) is 3.48. The van der Waals surface area contributed by atoms with E-state index in [0.29, 0.717) is 18.2 Å². The Labute approximate surface area is 113 Å². The van der Waals surface area contributed by atoms with Crippen LogP contribution >= 0.6 is 0 Å². The molecule has 19 heavy (non-hydrogen) atoms. The molecule has 0 unspecified atom stereocenters. The van der Waals surface area contributed by atoms with Crippen molar-refractivity contribution in [3.8, 4) is 0 Å². The first-order chi connectivity index (χ1) is 9.19. The Kier molecular flexibility index (Phi) is 4.39. The number of hydrogen-bond donors (Lipinski definition) is 3. The Balaban J connectivity index is 1.95. The molecule has 1 saturated carbocycles. The van der Waals surface area contributed by atoms with Gasteiger partial charge in [-0.05, 0) is 37.5 Å². The van der Waals surface area contributed by atoms with Crippen molar-refractivity contribution in [2.45, 2.75) is 32.4 Å². The van der Waals surface area contributed by atoms with Gasteiger partial charge < -0.3 is 16.4 Å². The summed E-state index contributed by atoms with van der Waals surface area (Å²) in [5, 5.41) is 6.58. The highest BCUT2D eigenvalue weighted by atomic mass is 16.1. The molecule has 1 amide bonds. The van der Waals surface area contributed by atoms with Crippen molar-refractivity contribution in [1.29, 1.82) is 0 Å². The smallest absolute Gasteiger partial charge is 0.248 e. The third-order valence-corrected chi connectivity index (χ3v) is 2.92. The maximum absolute atomic E-state index is 11.0. The number of carbonyl (C=O) groups is 1. The average Bonchev–Trinajstić information content (AvgIpc) is 3.21. The third kappa shape index (κ3) is 4.28. The van der Waals surface area contributed by atoms with Gasteiger partial charge in [0, 0.05) is 18.2 Å². The molecule has 5 nitrogen and oxygen atoms in total. The number of primary amides is 1. The second-order valence-corrected chi connectivity index (χ2v) is 4.67. The van der Waals surface area contributed by atoms with Gasteiger partial charge >= 0.3 is 0 Å². The first-order valence-electron chi connectivity index (χ1n) is 6.62. The van der Waals surface area contributed by atoms with E-state index in [9.17, 15) is 4.79 Å². The van der Waals surface area contributed by atoms with Crippen LogP contribution in [0.4, 0.5) is 0 Å². The second kappa shape index (κ2) is 6.22. The van der Waals surface area contributed by atoms with E-state index in [1.165, 1.54) is 12.8 Å². The average molecular weight is 260 g/mol. The monoisotopic (exact) mass is 260 g/mol. The summed E-state index contributed by atoms with van der Waals surface area (Å²) < 4.78 is 0. The summed E-state index contributed by atoms with van der Waals surface area (Å²) in [5.74, 6) is 0.447. The van der Waals surface area contributed by atoms with Gasteiger partial charge in [0.25, 0.3) is 0 Å². The molecule has 1 aromatic carbocycles. The molecule has 5 heteroatoms. The Morgan fingerprint density at radius 2 is 2.05 bits per heavy atom. The van der Waals surface area contributed by atoms with Gasteiger partial charge in [-0.3, -0.25) is 4.79 Å². The van der Waals surface area contributed by atoms with E-state index in [1.807, 2.05) is 19.1 Å². The normalized spacial score (nSPS) is 15.1. The highest BCUT2D eigenvalue weighted by Crippen LogP contribution is 2.18. The quantitative estimate of drug-likeness (QED) is 0.546. The Hall–Kier alpha value is -2.04. The molecule has 0 saturated heterocycles. The minimum Gasteiger partial charge on any atom is -0.366 e. The van der Waals surface area contributed by atoms with Crippen LogP contribution in [0.1, 0.15) is 35.7 Å². The lowest BCUT2D eigenvalue weighted by Gasteiger charge is -2.10. The second-order valence-electron chi connectivity index (χ2n) is 4.67. The van der Waals surface area contributed by atoms with E-state index in [1.54, 1.807) is 12.1 Å². The highest BCUT2D eigenvalue weighted by molar-refractivity contribution is 5.92. The molecule has 2 rings (SSSR count). The van der Waals surface area contributed by atoms with Gasteiger partial charge in [0.15, 0.2) is 5.96 Å². The van der Waals surface area contributed by atoms with E-state index < -0.39 is 5.91 Å². The van der Waals surface area contributed by atoms with Crippen LogP contribution in [0.2, 0.25) is 0 Å². The Bertz CT molecular complexity index is 463. The first kappa shape index (κ1) is 13.4. The predicted octanol–water partition coefficient (Wildman–Crippen LogP) is 1.00. The molecule has 4 N–H and O–H groups in total. The van der Waals surface area contributed by atoms with Crippen LogP contribution in [0, 0.1) is 0 Å². The summed E-state index contributed by atoms with van der Waals surface area (Å²) in [6, 6.07) is 7.80. The zero-order chi connectivity index (χ0) is 13.7. The van der Waals surface area contributed by atoms with Crippen molar-refractivity contribution in [2.24, 2.45) is 10.7 Å². The fourth-order valence-corrected chi connectivity index (χ4v) is 1.69. The molecule has 102 valence electrons. The Morgan fingerprint density at radius 1 is 1.37 bits per heavy atom. The summed E-state index contributed by atoms with van der Waals surface area (Å²) >= 11 is 0. The minimum atomic E-state index is -0.404. The van der Waals surface area contributed by atoms with Crippen molar-refractivity contribution in [3.05, 3.63) is 35.4 Å². The van der Waals surface area contributed by atoms with Crippen LogP contribution in [0.3, 0.4) is 0 Å². The lowest BCUT2D eigenvalue weighted by molar-refractivity contribution is 0.100. The van der Waals surface area contributed by atoms with Gasteiger partial charge in [-0.1, -0.05) is 12.1 Å². The maximum Gasteiger partial charge on any atom is 0.248 e. The predicted molar refractivity (Wildman–Crippen MR) is 75.9 cm³/mol. The number of nitrogens with two attached hydrogens (primary N) is 1. The molecule has 0 aromatic heterocycles. The standard InChI is InChI=1S/C14H20N4O/c1-2-16-14(18-12-7-8-12)17-9-10-3-5-11(6-4-10)13(15)19/h3-6,12H,2,7-9H2,1H3,(H2,15,19)(H2,16,17,18). The van der Waals surface area contributed by atoms with Crippen LogP contribution < -0.4 is 16.4 Å². The van der Waals surface area contributed by atoms with Gasteiger partial charge in [-0.25, -0.2) is 4.99 Å². The van der Waals surface area contributed by atoms with Crippen LogP contribution in [-0.2, 0) is 6.54 Å². The number of nitrogens with one attached hydrogen (secondary N) is 2. The minimum absolute atomic E-state index is 0.404. The van der Waals surface area contributed by atoms with Crippen molar-refractivity contribution >= 4 is 11.9 Å². The molecule has 0 heterocycles. The fourth-order valence-electron chi connectivity index (χ4n) is 1.69. The maximum atomic E-state index is 11.0. The molecule has 1 fully saturated rings. The van der Waals surface area contributed by atoms with Crippen molar-refractivity contribution < 1.29 is 4.79 Å². The molecule has 0 radical (unpaired) electrons. The van der Waals surface area contributed by atoms with E-state index in [-0.39, 0.29) is 0 Å². The van der Waals surface area contributed by atoms with Gasteiger partial charge in [-0.15, -0.1) is 0 Å². The lowest BCUT2D eigenvalue weighted by Crippen LogP contribution is -2.38. The number of rotatable bonds is 5.